The SMILES string of the molecule is CCC(NC(=O)CSc1nncn1C)c1nc(C)c(C)s1. The van der Waals surface area contributed by atoms with Crippen molar-refractivity contribution in [3.63, 3.8) is 0 Å². The molecule has 0 fully saturated rings. The highest BCUT2D eigenvalue weighted by Gasteiger charge is 2.17. The zero-order valence-electron chi connectivity index (χ0n) is 12.6. The van der Waals surface area contributed by atoms with Gasteiger partial charge in [0, 0.05) is 11.9 Å². The van der Waals surface area contributed by atoms with Crippen LogP contribution in [0.2, 0.25) is 0 Å². The Labute approximate surface area is 132 Å². The van der Waals surface area contributed by atoms with Gasteiger partial charge in [-0.2, -0.15) is 0 Å². The Morgan fingerprint density at radius 3 is 2.81 bits per heavy atom. The van der Waals surface area contributed by atoms with Gasteiger partial charge in [0.25, 0.3) is 0 Å². The van der Waals surface area contributed by atoms with Crippen LogP contribution in [-0.2, 0) is 11.8 Å². The molecule has 0 aromatic carbocycles. The van der Waals surface area contributed by atoms with Gasteiger partial charge in [0.05, 0.1) is 17.5 Å². The van der Waals surface area contributed by atoms with Crippen molar-refractivity contribution in [3.05, 3.63) is 21.9 Å². The summed E-state index contributed by atoms with van der Waals surface area (Å²) in [6.45, 7) is 6.09. The minimum atomic E-state index is -0.0185. The first-order chi connectivity index (χ1) is 10.0. The van der Waals surface area contributed by atoms with Gasteiger partial charge in [0.1, 0.15) is 11.3 Å². The molecule has 8 heteroatoms. The molecule has 0 aliphatic heterocycles. The average molecular weight is 325 g/mol. The predicted molar refractivity (Wildman–Crippen MR) is 84.5 cm³/mol. The number of carbonyl (C=O) groups is 1. The zero-order chi connectivity index (χ0) is 15.4. The van der Waals surface area contributed by atoms with Crippen molar-refractivity contribution in [2.45, 2.75) is 38.4 Å². The van der Waals surface area contributed by atoms with Gasteiger partial charge in [-0.1, -0.05) is 18.7 Å². The first-order valence-corrected chi connectivity index (χ1v) is 8.51. The molecule has 0 radical (unpaired) electrons. The fourth-order valence-electron chi connectivity index (χ4n) is 1.75. The maximum Gasteiger partial charge on any atom is 0.231 e. The molecule has 2 aromatic rings. The molecule has 0 saturated carbocycles. The summed E-state index contributed by atoms with van der Waals surface area (Å²) in [4.78, 5) is 17.8. The van der Waals surface area contributed by atoms with E-state index in [1.54, 1.807) is 22.2 Å². The largest absolute Gasteiger partial charge is 0.346 e. The van der Waals surface area contributed by atoms with Crippen LogP contribution in [-0.4, -0.2) is 31.4 Å². The number of thiazole rings is 1. The predicted octanol–water partition coefficient (Wildman–Crippen LogP) is 2.25. The molecule has 1 N–H and O–H groups in total. The van der Waals surface area contributed by atoms with Gasteiger partial charge in [0.15, 0.2) is 5.16 Å². The number of hydrogen-bond acceptors (Lipinski definition) is 6. The highest BCUT2D eigenvalue weighted by atomic mass is 32.2. The highest BCUT2D eigenvalue weighted by molar-refractivity contribution is 7.99. The smallest absolute Gasteiger partial charge is 0.231 e. The molecular weight excluding hydrogens is 306 g/mol. The van der Waals surface area contributed by atoms with Crippen molar-refractivity contribution in [2.75, 3.05) is 5.75 Å². The Morgan fingerprint density at radius 1 is 1.52 bits per heavy atom. The second kappa shape index (κ2) is 7.04. The maximum absolute atomic E-state index is 12.1. The van der Waals surface area contributed by atoms with Gasteiger partial charge in [-0.3, -0.25) is 4.79 Å². The molecule has 0 bridgehead atoms. The number of hydrogen-bond donors (Lipinski definition) is 1. The number of nitrogens with zero attached hydrogens (tertiary/aromatic N) is 4. The molecule has 0 saturated heterocycles. The van der Waals surface area contributed by atoms with Crippen LogP contribution in [0.5, 0.6) is 0 Å². The highest BCUT2D eigenvalue weighted by Crippen LogP contribution is 2.25. The summed E-state index contributed by atoms with van der Waals surface area (Å²) in [5.74, 6) is 0.312. The minimum Gasteiger partial charge on any atom is -0.346 e. The van der Waals surface area contributed by atoms with Crippen molar-refractivity contribution in [1.29, 1.82) is 0 Å². The molecule has 114 valence electrons. The molecule has 2 rings (SSSR count). The Balaban J connectivity index is 1.92. The lowest BCUT2D eigenvalue weighted by Gasteiger charge is -2.14. The van der Waals surface area contributed by atoms with E-state index in [1.165, 1.54) is 16.6 Å². The third kappa shape index (κ3) is 4.04. The fourth-order valence-corrected chi connectivity index (χ4v) is 3.51. The van der Waals surface area contributed by atoms with Gasteiger partial charge in [-0.15, -0.1) is 21.5 Å². The maximum atomic E-state index is 12.1. The van der Waals surface area contributed by atoms with Crippen molar-refractivity contribution in [2.24, 2.45) is 7.05 Å². The number of rotatable bonds is 6. The van der Waals surface area contributed by atoms with Gasteiger partial charge >= 0.3 is 0 Å². The van der Waals surface area contributed by atoms with Crippen LogP contribution in [0.3, 0.4) is 0 Å². The van der Waals surface area contributed by atoms with E-state index in [1.807, 2.05) is 20.9 Å². The quantitative estimate of drug-likeness (QED) is 0.825. The van der Waals surface area contributed by atoms with Gasteiger partial charge < -0.3 is 9.88 Å². The van der Waals surface area contributed by atoms with E-state index in [0.717, 1.165) is 22.3 Å². The molecule has 0 spiro atoms. The summed E-state index contributed by atoms with van der Waals surface area (Å²) in [5.41, 5.74) is 1.04. The van der Waals surface area contributed by atoms with E-state index in [0.29, 0.717) is 5.75 Å². The van der Waals surface area contributed by atoms with Crippen LogP contribution < -0.4 is 5.32 Å². The monoisotopic (exact) mass is 325 g/mol. The minimum absolute atomic E-state index is 0.0136. The lowest BCUT2D eigenvalue weighted by atomic mass is 10.2. The molecular formula is C13H19N5OS2. The number of amides is 1. The number of thioether (sulfide) groups is 1. The van der Waals surface area contributed by atoms with E-state index in [4.69, 9.17) is 0 Å². The number of carbonyl (C=O) groups excluding carboxylic acids is 1. The lowest BCUT2D eigenvalue weighted by molar-refractivity contribution is -0.119. The van der Waals surface area contributed by atoms with Crippen molar-refractivity contribution >= 4 is 29.0 Å². The number of aryl methyl sites for hydroxylation is 3. The third-order valence-corrected chi connectivity index (χ3v) is 5.31. The molecule has 21 heavy (non-hydrogen) atoms. The second-order valence-electron chi connectivity index (χ2n) is 4.74. The Kier molecular flexibility index (Phi) is 5.35. The second-order valence-corrected chi connectivity index (χ2v) is 6.91. The van der Waals surface area contributed by atoms with Crippen LogP contribution >= 0.6 is 23.1 Å². The molecule has 6 nitrogen and oxygen atoms in total. The third-order valence-electron chi connectivity index (χ3n) is 3.09. The first kappa shape index (κ1) is 16.0. The van der Waals surface area contributed by atoms with Crippen molar-refractivity contribution in [3.8, 4) is 0 Å². The topological polar surface area (TPSA) is 72.7 Å². The molecule has 2 aromatic heterocycles. The van der Waals surface area contributed by atoms with Crippen LogP contribution in [0.25, 0.3) is 0 Å². The summed E-state index contributed by atoms with van der Waals surface area (Å²) < 4.78 is 1.79. The van der Waals surface area contributed by atoms with E-state index >= 15 is 0 Å². The Bertz CT molecular complexity index is 602. The van der Waals surface area contributed by atoms with Crippen LogP contribution in [0.1, 0.15) is 35.0 Å². The van der Waals surface area contributed by atoms with Crippen LogP contribution in [0.15, 0.2) is 11.5 Å². The van der Waals surface area contributed by atoms with E-state index in [9.17, 15) is 4.79 Å². The van der Waals surface area contributed by atoms with Crippen LogP contribution in [0.4, 0.5) is 0 Å². The number of nitrogens with one attached hydrogen (secondary N) is 1. The number of aromatic nitrogens is 4. The standard InChI is InChI=1S/C13H19N5OS2/c1-5-10(12-15-8(2)9(3)21-12)16-11(19)6-20-13-17-14-7-18(13)4/h7,10H,5-6H2,1-4H3,(H,16,19). The van der Waals surface area contributed by atoms with Crippen molar-refractivity contribution in [1.82, 2.24) is 25.1 Å². The molecule has 1 amide bonds. The lowest BCUT2D eigenvalue weighted by Crippen LogP contribution is -2.29. The van der Waals surface area contributed by atoms with E-state index in [-0.39, 0.29) is 11.9 Å². The molecule has 0 aliphatic carbocycles. The van der Waals surface area contributed by atoms with E-state index in [2.05, 4.69) is 27.4 Å². The first-order valence-electron chi connectivity index (χ1n) is 6.71. The molecule has 0 aliphatic rings. The normalized spacial score (nSPS) is 12.4. The van der Waals surface area contributed by atoms with Crippen molar-refractivity contribution < 1.29 is 4.79 Å². The van der Waals surface area contributed by atoms with Gasteiger partial charge in [-0.25, -0.2) is 4.98 Å². The summed E-state index contributed by atoms with van der Waals surface area (Å²) in [5, 5.41) is 12.5. The Morgan fingerprint density at radius 2 is 2.29 bits per heavy atom. The molecule has 1 atom stereocenters. The Hall–Kier alpha value is -1.41. The van der Waals surface area contributed by atoms with Gasteiger partial charge in [0.2, 0.25) is 5.91 Å². The summed E-state index contributed by atoms with van der Waals surface area (Å²) >= 11 is 3.03. The van der Waals surface area contributed by atoms with E-state index < -0.39 is 0 Å². The van der Waals surface area contributed by atoms with Gasteiger partial charge in [-0.05, 0) is 20.3 Å². The average Bonchev–Trinajstić information content (AvgIpc) is 3.00. The zero-order valence-corrected chi connectivity index (χ0v) is 14.2. The fraction of sp³-hybridized carbons (Fsp3) is 0.538. The molecule has 2 heterocycles. The summed E-state index contributed by atoms with van der Waals surface area (Å²) in [6, 6.07) is -0.0185. The summed E-state index contributed by atoms with van der Waals surface area (Å²) in [7, 11) is 1.86. The summed E-state index contributed by atoms with van der Waals surface area (Å²) in [6.07, 6.45) is 2.45. The van der Waals surface area contributed by atoms with Crippen LogP contribution in [0, 0.1) is 13.8 Å². The molecule has 1 unspecified atom stereocenters.